The predicted octanol–water partition coefficient (Wildman–Crippen LogP) is 3.08. The fraction of sp³-hybridized carbons (Fsp3) is 0.750. The lowest BCUT2D eigenvalue weighted by molar-refractivity contribution is -0.139. The number of hydrogen-bond donors (Lipinski definition) is 2. The molecule has 0 aromatic carbocycles. The summed E-state index contributed by atoms with van der Waals surface area (Å²) in [6.07, 6.45) is 6.62. The molecule has 20 heavy (non-hydrogen) atoms. The summed E-state index contributed by atoms with van der Waals surface area (Å²) in [6, 6.07) is 0. The molecule has 0 aromatic heterocycles. The van der Waals surface area contributed by atoms with E-state index < -0.39 is 11.9 Å². The number of carboxylic acids is 2. The van der Waals surface area contributed by atoms with Crippen LogP contribution < -0.4 is 0 Å². The van der Waals surface area contributed by atoms with Crippen LogP contribution in [0.4, 0.5) is 0 Å². The van der Waals surface area contributed by atoms with Crippen molar-refractivity contribution in [2.24, 2.45) is 23.2 Å². The minimum Gasteiger partial charge on any atom is -0.478 e. The quantitative estimate of drug-likeness (QED) is 0.775. The van der Waals surface area contributed by atoms with Gasteiger partial charge in [0.1, 0.15) is 0 Å². The summed E-state index contributed by atoms with van der Waals surface area (Å²) < 4.78 is 0. The highest BCUT2D eigenvalue weighted by atomic mass is 16.4. The van der Waals surface area contributed by atoms with E-state index in [-0.39, 0.29) is 16.6 Å². The van der Waals surface area contributed by atoms with Crippen molar-refractivity contribution in [2.45, 2.75) is 51.9 Å². The van der Waals surface area contributed by atoms with E-state index in [2.05, 4.69) is 0 Å². The van der Waals surface area contributed by atoms with E-state index in [0.29, 0.717) is 24.2 Å². The van der Waals surface area contributed by atoms with E-state index in [4.69, 9.17) is 0 Å². The van der Waals surface area contributed by atoms with Crippen LogP contribution in [0.1, 0.15) is 51.9 Å². The lowest BCUT2D eigenvalue weighted by Crippen LogP contribution is -2.48. The fourth-order valence-corrected chi connectivity index (χ4v) is 5.53. The van der Waals surface area contributed by atoms with Gasteiger partial charge in [-0.05, 0) is 62.7 Å². The molecule has 4 saturated carbocycles. The zero-order chi connectivity index (χ0) is 14.5. The van der Waals surface area contributed by atoms with Crippen molar-refractivity contribution in [1.29, 1.82) is 0 Å². The Labute approximate surface area is 118 Å². The second kappa shape index (κ2) is 4.61. The van der Waals surface area contributed by atoms with Gasteiger partial charge in [-0.1, -0.05) is 6.92 Å². The summed E-state index contributed by atoms with van der Waals surface area (Å²) in [5, 5.41) is 19.0. The third kappa shape index (κ3) is 1.97. The van der Waals surface area contributed by atoms with Crippen LogP contribution in [0.3, 0.4) is 0 Å². The first-order valence-electron chi connectivity index (χ1n) is 7.65. The van der Waals surface area contributed by atoms with Crippen LogP contribution in [-0.4, -0.2) is 22.2 Å². The van der Waals surface area contributed by atoms with Gasteiger partial charge in [0, 0.05) is 11.0 Å². The first-order chi connectivity index (χ1) is 9.45. The highest BCUT2D eigenvalue weighted by molar-refractivity contribution is 5.99. The van der Waals surface area contributed by atoms with E-state index >= 15 is 0 Å². The Hall–Kier alpha value is -1.32. The number of carboxylic acid groups (broad SMARTS) is 2. The largest absolute Gasteiger partial charge is 0.478 e. The fourth-order valence-electron chi connectivity index (χ4n) is 5.53. The molecule has 0 spiro atoms. The highest BCUT2D eigenvalue weighted by Crippen LogP contribution is 2.63. The van der Waals surface area contributed by atoms with Gasteiger partial charge < -0.3 is 10.2 Å². The number of carbonyl (C=O) groups is 2. The summed E-state index contributed by atoms with van der Waals surface area (Å²) in [7, 11) is 0. The molecule has 0 radical (unpaired) electrons. The number of rotatable bonds is 4. The van der Waals surface area contributed by atoms with Gasteiger partial charge >= 0.3 is 11.9 Å². The molecule has 4 nitrogen and oxygen atoms in total. The van der Waals surface area contributed by atoms with Gasteiger partial charge in [-0.3, -0.25) is 0 Å². The van der Waals surface area contributed by atoms with E-state index in [9.17, 15) is 19.8 Å². The van der Waals surface area contributed by atoms with Crippen LogP contribution in [-0.2, 0) is 9.59 Å². The molecule has 110 valence electrons. The van der Waals surface area contributed by atoms with Crippen molar-refractivity contribution in [1.82, 2.24) is 0 Å². The van der Waals surface area contributed by atoms with Crippen molar-refractivity contribution in [2.75, 3.05) is 0 Å². The maximum atomic E-state index is 11.8. The average Bonchev–Trinajstić information content (AvgIpc) is 2.32. The van der Waals surface area contributed by atoms with Crippen LogP contribution in [0.2, 0.25) is 0 Å². The Bertz CT molecular complexity index is 453. The molecule has 0 amide bonds. The summed E-state index contributed by atoms with van der Waals surface area (Å²) >= 11 is 0. The Morgan fingerprint density at radius 2 is 1.40 bits per heavy atom. The molecule has 4 aliphatic carbocycles. The molecule has 2 N–H and O–H groups in total. The number of aliphatic carboxylic acids is 2. The molecule has 0 aromatic rings. The van der Waals surface area contributed by atoms with Crippen LogP contribution in [0.5, 0.6) is 0 Å². The molecule has 4 rings (SSSR count). The summed E-state index contributed by atoms with van der Waals surface area (Å²) in [4.78, 5) is 23.2. The van der Waals surface area contributed by atoms with Crippen LogP contribution in [0, 0.1) is 23.2 Å². The van der Waals surface area contributed by atoms with Crippen LogP contribution in [0.15, 0.2) is 11.1 Å². The standard InChI is InChI=1S/C16H22O4/c1-2-12(14(17)18)13(15(19)20)16-6-9-3-10(7-16)5-11(4-9)8-16/h9-11H,2-8H2,1H3,(H,17,18)(H,19,20)/b13-12+. The van der Waals surface area contributed by atoms with Gasteiger partial charge in [0.05, 0.1) is 5.57 Å². The Kier molecular flexibility index (Phi) is 3.14. The van der Waals surface area contributed by atoms with Crippen molar-refractivity contribution in [3.05, 3.63) is 11.1 Å². The monoisotopic (exact) mass is 278 g/mol. The van der Waals surface area contributed by atoms with Gasteiger partial charge in [0.25, 0.3) is 0 Å². The molecule has 4 bridgehead atoms. The first kappa shape index (κ1) is 13.7. The summed E-state index contributed by atoms with van der Waals surface area (Å²) in [6.45, 7) is 1.74. The maximum absolute atomic E-state index is 11.8. The average molecular weight is 278 g/mol. The molecule has 4 heteroatoms. The second-order valence-electron chi connectivity index (χ2n) is 7.02. The zero-order valence-electron chi connectivity index (χ0n) is 11.9. The van der Waals surface area contributed by atoms with Gasteiger partial charge in [-0.15, -0.1) is 0 Å². The summed E-state index contributed by atoms with van der Waals surface area (Å²) in [5.41, 5.74) is -0.00400. The Morgan fingerprint density at radius 3 is 1.70 bits per heavy atom. The lowest BCUT2D eigenvalue weighted by Gasteiger charge is -2.57. The molecule has 4 aliphatic rings. The molecule has 0 unspecified atom stereocenters. The summed E-state index contributed by atoms with van der Waals surface area (Å²) in [5.74, 6) is -0.223. The smallest absolute Gasteiger partial charge is 0.332 e. The van der Waals surface area contributed by atoms with E-state index in [0.717, 1.165) is 19.3 Å². The van der Waals surface area contributed by atoms with Gasteiger partial charge in [0.15, 0.2) is 0 Å². The molecule has 0 saturated heterocycles. The normalized spacial score (nSPS) is 39.5. The third-order valence-corrected chi connectivity index (χ3v) is 5.70. The zero-order valence-corrected chi connectivity index (χ0v) is 11.9. The number of hydrogen-bond acceptors (Lipinski definition) is 2. The molecular weight excluding hydrogens is 256 g/mol. The molecular formula is C16H22O4. The SMILES string of the molecule is CC/C(C(=O)O)=C(/C(=O)O)C12CC3CC(CC(C3)C1)C2. The van der Waals surface area contributed by atoms with Crippen LogP contribution >= 0.6 is 0 Å². The first-order valence-corrected chi connectivity index (χ1v) is 7.65. The highest BCUT2D eigenvalue weighted by Gasteiger charge is 2.54. The van der Waals surface area contributed by atoms with Crippen molar-refractivity contribution < 1.29 is 19.8 Å². The minimum atomic E-state index is -1.05. The topological polar surface area (TPSA) is 74.6 Å². The molecule has 0 atom stereocenters. The van der Waals surface area contributed by atoms with Gasteiger partial charge in [0.2, 0.25) is 0 Å². The Morgan fingerprint density at radius 1 is 0.950 bits per heavy atom. The van der Waals surface area contributed by atoms with E-state index in [1.54, 1.807) is 6.92 Å². The van der Waals surface area contributed by atoms with Gasteiger partial charge in [-0.2, -0.15) is 0 Å². The van der Waals surface area contributed by atoms with Crippen LogP contribution in [0.25, 0.3) is 0 Å². The molecule has 4 fully saturated rings. The predicted molar refractivity (Wildman–Crippen MR) is 73.2 cm³/mol. The Balaban J connectivity index is 2.08. The van der Waals surface area contributed by atoms with Crippen molar-refractivity contribution >= 4 is 11.9 Å². The van der Waals surface area contributed by atoms with Crippen molar-refractivity contribution in [3.63, 3.8) is 0 Å². The second-order valence-corrected chi connectivity index (χ2v) is 7.02. The molecule has 0 heterocycles. The lowest BCUT2D eigenvalue weighted by atomic mass is 9.47. The minimum absolute atomic E-state index is 0.124. The maximum Gasteiger partial charge on any atom is 0.332 e. The van der Waals surface area contributed by atoms with Gasteiger partial charge in [-0.25, -0.2) is 9.59 Å². The molecule has 0 aliphatic heterocycles. The van der Waals surface area contributed by atoms with Crippen molar-refractivity contribution in [3.8, 4) is 0 Å². The third-order valence-electron chi connectivity index (χ3n) is 5.70. The van der Waals surface area contributed by atoms with E-state index in [1.807, 2.05) is 0 Å². The van der Waals surface area contributed by atoms with E-state index in [1.165, 1.54) is 19.3 Å².